The van der Waals surface area contributed by atoms with Gasteiger partial charge in [0.05, 0.1) is 5.56 Å². The van der Waals surface area contributed by atoms with Crippen molar-refractivity contribution < 1.29 is 13.2 Å². The van der Waals surface area contributed by atoms with Gasteiger partial charge in [-0.25, -0.2) is 4.98 Å². The Bertz CT molecular complexity index is 490. The Labute approximate surface area is 122 Å². The van der Waals surface area contributed by atoms with Crippen molar-refractivity contribution in [2.24, 2.45) is 0 Å². The van der Waals surface area contributed by atoms with E-state index in [1.165, 1.54) is 0 Å². The fraction of sp³-hybridized carbons (Fsp3) is 0.571. The van der Waals surface area contributed by atoms with E-state index in [1.54, 1.807) is 0 Å². The zero-order valence-corrected chi connectivity index (χ0v) is 12.2. The number of aromatic nitrogens is 1. The van der Waals surface area contributed by atoms with Crippen molar-refractivity contribution in [3.8, 4) is 6.07 Å². The molecular weight excluding hydrogens is 281 g/mol. The molecule has 21 heavy (non-hydrogen) atoms. The molecule has 7 heteroatoms. The highest BCUT2D eigenvalue weighted by atomic mass is 19.4. The lowest BCUT2D eigenvalue weighted by molar-refractivity contribution is -0.141. The van der Waals surface area contributed by atoms with Crippen molar-refractivity contribution in [3.63, 3.8) is 0 Å². The van der Waals surface area contributed by atoms with Gasteiger partial charge in [-0.2, -0.15) is 18.4 Å². The molecule has 1 aromatic heterocycles. The van der Waals surface area contributed by atoms with Crippen LogP contribution < -0.4 is 5.32 Å². The summed E-state index contributed by atoms with van der Waals surface area (Å²) in [6.45, 7) is 7.29. The molecule has 0 aromatic carbocycles. The number of hydrogen-bond donors (Lipinski definition) is 1. The van der Waals surface area contributed by atoms with Crippen molar-refractivity contribution in [1.29, 1.82) is 5.26 Å². The molecule has 4 nitrogen and oxygen atoms in total. The molecule has 1 N–H and O–H groups in total. The first-order chi connectivity index (χ1) is 9.92. The average Bonchev–Trinajstić information content (AvgIpc) is 2.46. The van der Waals surface area contributed by atoms with E-state index in [2.05, 4.69) is 29.0 Å². The molecule has 0 aliphatic heterocycles. The number of nitrogens with zero attached hydrogens (tertiary/aromatic N) is 3. The molecule has 0 fully saturated rings. The van der Waals surface area contributed by atoms with Gasteiger partial charge in [0.2, 0.25) is 0 Å². The first kappa shape index (κ1) is 17.2. The predicted octanol–water partition coefficient (Wildman–Crippen LogP) is 3.12. The first-order valence-electron chi connectivity index (χ1n) is 6.86. The van der Waals surface area contributed by atoms with Gasteiger partial charge >= 0.3 is 6.18 Å². The molecule has 116 valence electrons. The summed E-state index contributed by atoms with van der Waals surface area (Å²) in [4.78, 5) is 5.71. The summed E-state index contributed by atoms with van der Waals surface area (Å²) < 4.78 is 37.8. The topological polar surface area (TPSA) is 52.0 Å². The molecule has 0 radical (unpaired) electrons. The summed E-state index contributed by atoms with van der Waals surface area (Å²) >= 11 is 0. The number of nitriles is 1. The summed E-state index contributed by atoms with van der Waals surface area (Å²) in [6, 6.07) is 3.80. The zero-order valence-electron chi connectivity index (χ0n) is 12.2. The highest BCUT2D eigenvalue weighted by Crippen LogP contribution is 2.29. The van der Waals surface area contributed by atoms with E-state index in [1.807, 2.05) is 6.07 Å². The molecule has 0 unspecified atom stereocenters. The first-order valence-corrected chi connectivity index (χ1v) is 6.86. The van der Waals surface area contributed by atoms with Crippen LogP contribution in [0.1, 0.15) is 31.5 Å². The Morgan fingerprint density at radius 2 is 1.95 bits per heavy atom. The van der Waals surface area contributed by atoms with Crippen LogP contribution in [-0.2, 0) is 6.18 Å². The van der Waals surface area contributed by atoms with E-state index in [0.29, 0.717) is 6.54 Å². The fourth-order valence-electron chi connectivity index (χ4n) is 1.89. The molecule has 1 rings (SSSR count). The molecule has 0 saturated heterocycles. The molecule has 0 bridgehead atoms. The maximum absolute atomic E-state index is 12.6. The number of anilines is 1. The normalized spacial score (nSPS) is 11.5. The van der Waals surface area contributed by atoms with Crippen LogP contribution in [-0.4, -0.2) is 36.1 Å². The maximum atomic E-state index is 12.6. The van der Waals surface area contributed by atoms with Crippen molar-refractivity contribution in [1.82, 2.24) is 9.88 Å². The lowest BCUT2D eigenvalue weighted by Crippen LogP contribution is -2.25. The second kappa shape index (κ2) is 7.84. The minimum absolute atomic E-state index is 0.00753. The van der Waals surface area contributed by atoms with Gasteiger partial charge in [0.1, 0.15) is 17.6 Å². The number of nitrogens with one attached hydrogen (secondary N) is 1. The van der Waals surface area contributed by atoms with Gasteiger partial charge in [-0.1, -0.05) is 13.8 Å². The van der Waals surface area contributed by atoms with Crippen LogP contribution in [0.4, 0.5) is 19.0 Å². The third-order valence-electron chi connectivity index (χ3n) is 3.14. The smallest absolute Gasteiger partial charge is 0.369 e. The van der Waals surface area contributed by atoms with Crippen LogP contribution in [0.3, 0.4) is 0 Å². The van der Waals surface area contributed by atoms with E-state index in [4.69, 9.17) is 5.26 Å². The summed E-state index contributed by atoms with van der Waals surface area (Å²) in [5.74, 6) is -0.00753. The minimum Gasteiger partial charge on any atom is -0.369 e. The van der Waals surface area contributed by atoms with Crippen molar-refractivity contribution in [2.45, 2.75) is 26.4 Å². The van der Waals surface area contributed by atoms with E-state index in [-0.39, 0.29) is 11.4 Å². The van der Waals surface area contributed by atoms with E-state index in [9.17, 15) is 13.2 Å². The van der Waals surface area contributed by atoms with Crippen LogP contribution in [0.2, 0.25) is 0 Å². The Kier molecular flexibility index (Phi) is 6.43. The molecule has 0 aliphatic rings. The quantitative estimate of drug-likeness (QED) is 0.786. The average molecular weight is 300 g/mol. The second-order valence-corrected chi connectivity index (χ2v) is 4.51. The minimum atomic E-state index is -4.51. The number of hydrogen-bond acceptors (Lipinski definition) is 4. The van der Waals surface area contributed by atoms with Crippen molar-refractivity contribution in [3.05, 3.63) is 23.4 Å². The molecule has 0 atom stereocenters. The number of rotatable bonds is 7. The summed E-state index contributed by atoms with van der Waals surface area (Å²) in [6.07, 6.45) is -3.74. The lowest BCUT2D eigenvalue weighted by atomic mass is 10.2. The molecule has 0 saturated carbocycles. The Balaban J connectivity index is 2.67. The zero-order chi connectivity index (χ0) is 15.9. The Hall–Kier alpha value is -1.81. The van der Waals surface area contributed by atoms with Crippen LogP contribution >= 0.6 is 0 Å². The van der Waals surface area contributed by atoms with Gasteiger partial charge in [0.25, 0.3) is 0 Å². The van der Waals surface area contributed by atoms with Crippen LogP contribution in [0.5, 0.6) is 0 Å². The van der Waals surface area contributed by atoms with Crippen LogP contribution in [0.15, 0.2) is 12.1 Å². The highest BCUT2D eigenvalue weighted by Gasteiger charge is 2.33. The number of pyridine rings is 1. The van der Waals surface area contributed by atoms with Gasteiger partial charge in [-0.05, 0) is 38.2 Å². The van der Waals surface area contributed by atoms with E-state index >= 15 is 0 Å². The summed E-state index contributed by atoms with van der Waals surface area (Å²) in [5, 5.41) is 11.7. The number of halogens is 3. The SMILES string of the molecule is CCN(CC)CCCNc1nc(C(F)(F)F)ccc1C#N. The molecular formula is C14H19F3N4. The summed E-state index contributed by atoms with van der Waals surface area (Å²) in [7, 11) is 0. The molecule has 0 aliphatic carbocycles. The van der Waals surface area contributed by atoms with Crippen LogP contribution in [0.25, 0.3) is 0 Å². The van der Waals surface area contributed by atoms with E-state index < -0.39 is 11.9 Å². The van der Waals surface area contributed by atoms with Crippen molar-refractivity contribution >= 4 is 5.82 Å². The van der Waals surface area contributed by atoms with Gasteiger partial charge in [0, 0.05) is 6.54 Å². The highest BCUT2D eigenvalue weighted by molar-refractivity contribution is 5.52. The lowest BCUT2D eigenvalue weighted by Gasteiger charge is -2.18. The third-order valence-corrected chi connectivity index (χ3v) is 3.14. The number of alkyl halides is 3. The summed E-state index contributed by atoms with van der Waals surface area (Å²) in [5.41, 5.74) is -0.876. The predicted molar refractivity (Wildman–Crippen MR) is 74.8 cm³/mol. The molecule has 1 aromatic rings. The second-order valence-electron chi connectivity index (χ2n) is 4.51. The van der Waals surface area contributed by atoms with Crippen molar-refractivity contribution in [2.75, 3.05) is 31.5 Å². The molecule has 0 spiro atoms. The Morgan fingerprint density at radius 1 is 1.29 bits per heavy atom. The molecule has 0 amide bonds. The van der Waals surface area contributed by atoms with E-state index in [0.717, 1.165) is 38.2 Å². The Morgan fingerprint density at radius 3 is 2.48 bits per heavy atom. The van der Waals surface area contributed by atoms with Gasteiger partial charge in [-0.15, -0.1) is 0 Å². The standard InChI is InChI=1S/C14H19F3N4/c1-3-21(4-2)9-5-8-19-13-11(10-18)6-7-12(20-13)14(15,16)17/h6-7H,3-5,8-9H2,1-2H3,(H,19,20). The monoisotopic (exact) mass is 300 g/mol. The maximum Gasteiger partial charge on any atom is 0.433 e. The fourth-order valence-corrected chi connectivity index (χ4v) is 1.89. The van der Waals surface area contributed by atoms with Gasteiger partial charge in [-0.3, -0.25) is 0 Å². The van der Waals surface area contributed by atoms with Gasteiger partial charge in [0.15, 0.2) is 0 Å². The van der Waals surface area contributed by atoms with Crippen LogP contribution in [0, 0.1) is 11.3 Å². The molecule has 1 heterocycles. The van der Waals surface area contributed by atoms with Gasteiger partial charge < -0.3 is 10.2 Å². The largest absolute Gasteiger partial charge is 0.433 e. The third kappa shape index (κ3) is 5.23.